The van der Waals surface area contributed by atoms with E-state index < -0.39 is 0 Å². The molecule has 2 rings (SSSR count). The summed E-state index contributed by atoms with van der Waals surface area (Å²) in [5.41, 5.74) is 1.32. The molecule has 0 fully saturated rings. The Kier molecular flexibility index (Phi) is 6.18. The Bertz CT molecular complexity index is 472. The zero-order valence-electron chi connectivity index (χ0n) is 11.9. The number of aliphatic hydroxyl groups is 1. The lowest BCUT2D eigenvalue weighted by molar-refractivity contribution is 0.147. The van der Waals surface area contributed by atoms with Gasteiger partial charge in [-0.25, -0.2) is 0 Å². The van der Waals surface area contributed by atoms with Crippen molar-refractivity contribution >= 4 is 11.3 Å². The fraction of sp³-hybridized carbons (Fsp3) is 0.438. The molecule has 2 aromatic rings. The molecule has 0 spiro atoms. The quantitative estimate of drug-likeness (QED) is 0.811. The number of pyridine rings is 1. The van der Waals surface area contributed by atoms with Gasteiger partial charge in [-0.05, 0) is 48.5 Å². The third kappa shape index (κ3) is 4.71. The Morgan fingerprint density at radius 2 is 2.05 bits per heavy atom. The molecule has 0 saturated carbocycles. The third-order valence-corrected chi connectivity index (χ3v) is 4.48. The molecule has 2 aromatic heterocycles. The van der Waals surface area contributed by atoms with Gasteiger partial charge in [0.05, 0.1) is 6.10 Å². The summed E-state index contributed by atoms with van der Waals surface area (Å²) in [5, 5.41) is 12.1. The molecule has 0 aliphatic rings. The average molecular weight is 290 g/mol. The number of likely N-dealkylation sites (N-methyl/N-ethyl adjacent to an activating group) is 1. The number of aromatic nitrogens is 1. The van der Waals surface area contributed by atoms with Gasteiger partial charge < -0.3 is 10.0 Å². The van der Waals surface area contributed by atoms with Crippen LogP contribution in [-0.4, -0.2) is 34.6 Å². The lowest BCUT2D eigenvalue weighted by atomic mass is 10.1. The van der Waals surface area contributed by atoms with Gasteiger partial charge in [0.25, 0.3) is 0 Å². The van der Waals surface area contributed by atoms with E-state index in [4.69, 9.17) is 0 Å². The highest BCUT2D eigenvalue weighted by Gasteiger charge is 2.11. The fourth-order valence-corrected chi connectivity index (χ4v) is 2.94. The first kappa shape index (κ1) is 15.2. The SMILES string of the molecule is CCN(CCc1ccncc1)CCC(O)c1cccs1. The standard InChI is InChI=1S/C16H22N2OS/c1-2-18(11-7-14-5-9-17-10-6-14)12-8-15(19)16-4-3-13-20-16/h3-6,9-10,13,15,19H,2,7-8,11-12H2,1H3. The highest BCUT2D eigenvalue weighted by Crippen LogP contribution is 2.21. The van der Waals surface area contributed by atoms with Crippen molar-refractivity contribution in [3.05, 3.63) is 52.5 Å². The molecule has 0 bridgehead atoms. The van der Waals surface area contributed by atoms with Crippen LogP contribution >= 0.6 is 11.3 Å². The Hall–Kier alpha value is -1.23. The number of nitrogens with zero attached hydrogens (tertiary/aromatic N) is 2. The van der Waals surface area contributed by atoms with Gasteiger partial charge in [0.2, 0.25) is 0 Å². The molecular weight excluding hydrogens is 268 g/mol. The van der Waals surface area contributed by atoms with Crippen molar-refractivity contribution in [2.45, 2.75) is 25.9 Å². The van der Waals surface area contributed by atoms with Crippen molar-refractivity contribution in [1.82, 2.24) is 9.88 Å². The van der Waals surface area contributed by atoms with Crippen molar-refractivity contribution < 1.29 is 5.11 Å². The molecule has 108 valence electrons. The van der Waals surface area contributed by atoms with E-state index in [9.17, 15) is 5.11 Å². The summed E-state index contributed by atoms with van der Waals surface area (Å²) < 4.78 is 0. The summed E-state index contributed by atoms with van der Waals surface area (Å²) in [5.74, 6) is 0. The first-order valence-corrected chi connectivity index (χ1v) is 8.00. The van der Waals surface area contributed by atoms with Crippen LogP contribution in [0, 0.1) is 0 Å². The predicted molar refractivity (Wildman–Crippen MR) is 84.0 cm³/mol. The first-order valence-electron chi connectivity index (χ1n) is 7.12. The Morgan fingerprint density at radius 3 is 2.70 bits per heavy atom. The Balaban J connectivity index is 1.75. The molecule has 0 saturated heterocycles. The number of hydrogen-bond donors (Lipinski definition) is 1. The summed E-state index contributed by atoms with van der Waals surface area (Å²) in [6.45, 7) is 5.14. The number of hydrogen-bond acceptors (Lipinski definition) is 4. The van der Waals surface area contributed by atoms with Crippen molar-refractivity contribution in [1.29, 1.82) is 0 Å². The van der Waals surface area contributed by atoms with Crippen LogP contribution < -0.4 is 0 Å². The van der Waals surface area contributed by atoms with E-state index in [1.165, 1.54) is 5.56 Å². The van der Waals surface area contributed by atoms with E-state index in [1.54, 1.807) is 11.3 Å². The number of rotatable bonds is 8. The van der Waals surface area contributed by atoms with Crippen molar-refractivity contribution in [3.63, 3.8) is 0 Å². The molecule has 0 aliphatic heterocycles. The molecule has 2 heterocycles. The van der Waals surface area contributed by atoms with Gasteiger partial charge in [0, 0.05) is 30.4 Å². The molecule has 3 nitrogen and oxygen atoms in total. The average Bonchev–Trinajstić information content (AvgIpc) is 3.02. The zero-order valence-corrected chi connectivity index (χ0v) is 12.7. The van der Waals surface area contributed by atoms with Crippen molar-refractivity contribution in [3.8, 4) is 0 Å². The number of aliphatic hydroxyl groups excluding tert-OH is 1. The molecule has 1 atom stereocenters. The highest BCUT2D eigenvalue weighted by atomic mass is 32.1. The van der Waals surface area contributed by atoms with Crippen molar-refractivity contribution in [2.75, 3.05) is 19.6 Å². The highest BCUT2D eigenvalue weighted by molar-refractivity contribution is 7.10. The molecule has 1 N–H and O–H groups in total. The maximum absolute atomic E-state index is 10.1. The van der Waals surface area contributed by atoms with E-state index in [0.29, 0.717) is 0 Å². The van der Waals surface area contributed by atoms with Gasteiger partial charge in [0.15, 0.2) is 0 Å². The smallest absolute Gasteiger partial charge is 0.0894 e. The molecule has 0 aromatic carbocycles. The van der Waals surface area contributed by atoms with E-state index in [0.717, 1.165) is 37.4 Å². The van der Waals surface area contributed by atoms with Crippen LogP contribution in [0.3, 0.4) is 0 Å². The first-order chi connectivity index (χ1) is 9.79. The summed E-state index contributed by atoms with van der Waals surface area (Å²) >= 11 is 1.63. The molecule has 4 heteroatoms. The van der Waals surface area contributed by atoms with Gasteiger partial charge in [-0.1, -0.05) is 13.0 Å². The van der Waals surface area contributed by atoms with E-state index in [2.05, 4.69) is 28.9 Å². The molecular formula is C16H22N2OS. The monoisotopic (exact) mass is 290 g/mol. The summed E-state index contributed by atoms with van der Waals surface area (Å²) in [6, 6.07) is 8.12. The molecule has 1 unspecified atom stereocenters. The molecule has 0 radical (unpaired) electrons. The number of thiophene rings is 1. The largest absolute Gasteiger partial charge is 0.388 e. The van der Waals surface area contributed by atoms with Gasteiger partial charge >= 0.3 is 0 Å². The molecule has 0 aliphatic carbocycles. The van der Waals surface area contributed by atoms with Crippen LogP contribution in [0.15, 0.2) is 42.0 Å². The second-order valence-electron chi connectivity index (χ2n) is 4.86. The minimum Gasteiger partial charge on any atom is -0.388 e. The summed E-state index contributed by atoms with van der Waals surface area (Å²) in [6.07, 6.45) is 5.18. The van der Waals surface area contributed by atoms with E-state index in [1.807, 2.05) is 29.9 Å². The van der Waals surface area contributed by atoms with Crippen LogP contribution in [0.25, 0.3) is 0 Å². The third-order valence-electron chi connectivity index (χ3n) is 3.50. The van der Waals surface area contributed by atoms with Gasteiger partial charge in [-0.2, -0.15) is 0 Å². The second kappa shape index (κ2) is 8.15. The Labute approximate surface area is 124 Å². The maximum Gasteiger partial charge on any atom is 0.0894 e. The van der Waals surface area contributed by atoms with Crippen LogP contribution in [0.1, 0.15) is 29.9 Å². The van der Waals surface area contributed by atoms with Crippen LogP contribution in [-0.2, 0) is 6.42 Å². The summed E-state index contributed by atoms with van der Waals surface area (Å²) in [7, 11) is 0. The van der Waals surface area contributed by atoms with Gasteiger partial charge in [0.1, 0.15) is 0 Å². The van der Waals surface area contributed by atoms with Gasteiger partial charge in [-0.15, -0.1) is 11.3 Å². The fourth-order valence-electron chi connectivity index (χ4n) is 2.19. The molecule has 0 amide bonds. The topological polar surface area (TPSA) is 36.4 Å². The normalized spacial score (nSPS) is 12.8. The Morgan fingerprint density at radius 1 is 1.25 bits per heavy atom. The minimum atomic E-state index is -0.329. The second-order valence-corrected chi connectivity index (χ2v) is 5.84. The van der Waals surface area contributed by atoms with Crippen LogP contribution in [0.4, 0.5) is 0 Å². The zero-order chi connectivity index (χ0) is 14.2. The van der Waals surface area contributed by atoms with Gasteiger partial charge in [-0.3, -0.25) is 4.98 Å². The van der Waals surface area contributed by atoms with E-state index in [-0.39, 0.29) is 6.10 Å². The maximum atomic E-state index is 10.1. The van der Waals surface area contributed by atoms with Crippen molar-refractivity contribution in [2.24, 2.45) is 0 Å². The van der Waals surface area contributed by atoms with Crippen LogP contribution in [0.5, 0.6) is 0 Å². The summed E-state index contributed by atoms with van der Waals surface area (Å²) in [4.78, 5) is 7.49. The predicted octanol–water partition coefficient (Wildman–Crippen LogP) is 3.13. The lowest BCUT2D eigenvalue weighted by Crippen LogP contribution is -2.28. The minimum absolute atomic E-state index is 0.329. The lowest BCUT2D eigenvalue weighted by Gasteiger charge is -2.21. The molecule has 20 heavy (non-hydrogen) atoms. The van der Waals surface area contributed by atoms with Crippen LogP contribution in [0.2, 0.25) is 0 Å². The van der Waals surface area contributed by atoms with E-state index >= 15 is 0 Å².